The molecule has 7 heteroatoms. The summed E-state index contributed by atoms with van der Waals surface area (Å²) < 4.78 is 48.0. The summed E-state index contributed by atoms with van der Waals surface area (Å²) in [4.78, 5) is 9.46. The molecule has 4 aromatic heterocycles. The fourth-order valence-electron chi connectivity index (χ4n) is 6.81. The Hall–Kier alpha value is -5.06. The SMILES string of the molecule is [2H]C([2H])(c1cc(-[n+]2[c-]n(-c3[c-]c(Oc4[c-]c5c(cc4)c4ccccc4n5-c4cc(C(C)(C)C)ccn4)ccn3)c3ccccc32)cc(C([2H])([2H])C(C)C)c1)C(C)C.[Pt]. The number of hydrogen-bond acceptors (Lipinski definition) is 3. The molecule has 0 atom stereocenters. The average Bonchev–Trinajstić information content (AvgIpc) is 3.73. The van der Waals surface area contributed by atoms with Gasteiger partial charge < -0.3 is 9.30 Å². The van der Waals surface area contributed by atoms with Gasteiger partial charge in [-0.3, -0.25) is 14.1 Å². The van der Waals surface area contributed by atoms with Crippen LogP contribution in [-0.4, -0.2) is 19.1 Å². The minimum Gasteiger partial charge on any atom is -0.522 e. The second-order valence-corrected chi connectivity index (χ2v) is 15.1. The van der Waals surface area contributed by atoms with Crippen LogP contribution >= 0.6 is 0 Å². The molecule has 0 amide bonds. The van der Waals surface area contributed by atoms with Crippen molar-refractivity contribution in [3.63, 3.8) is 0 Å². The van der Waals surface area contributed by atoms with E-state index < -0.39 is 12.7 Å². The first-order chi connectivity index (χ1) is 27.0. The summed E-state index contributed by atoms with van der Waals surface area (Å²) in [6.45, 7) is 13.9. The third kappa shape index (κ3) is 7.37. The number of ether oxygens (including phenoxy) is 1. The molecular formula is C47H45N5OPt-2. The van der Waals surface area contributed by atoms with Gasteiger partial charge in [-0.05, 0) is 77.0 Å². The van der Waals surface area contributed by atoms with Crippen molar-refractivity contribution >= 4 is 32.8 Å². The van der Waals surface area contributed by atoms with Gasteiger partial charge in [0.1, 0.15) is 5.82 Å². The largest absolute Gasteiger partial charge is 0.522 e. The Morgan fingerprint density at radius 3 is 2.13 bits per heavy atom. The van der Waals surface area contributed by atoms with E-state index in [1.807, 2.05) is 80.9 Å². The summed E-state index contributed by atoms with van der Waals surface area (Å²) in [7, 11) is 0. The number of nitrogens with zero attached hydrogens (tertiary/aromatic N) is 5. The Bertz CT molecular complexity index is 2760. The fraction of sp³-hybridized carbons (Fsp3) is 0.255. The van der Waals surface area contributed by atoms with E-state index in [1.54, 1.807) is 35.0 Å². The normalized spacial score (nSPS) is 13.6. The average molecular weight is 895 g/mol. The molecule has 0 saturated carbocycles. The van der Waals surface area contributed by atoms with Crippen LogP contribution in [0.2, 0.25) is 0 Å². The zero-order valence-electron chi connectivity index (χ0n) is 35.5. The first kappa shape index (κ1) is 32.4. The molecule has 0 aliphatic rings. The zero-order chi connectivity index (χ0) is 40.4. The second-order valence-electron chi connectivity index (χ2n) is 15.1. The summed E-state index contributed by atoms with van der Waals surface area (Å²) in [5, 5.41) is 2.13. The first-order valence-electron chi connectivity index (χ1n) is 20.1. The number of para-hydroxylation sites is 3. The van der Waals surface area contributed by atoms with Crippen LogP contribution in [0.5, 0.6) is 11.5 Å². The van der Waals surface area contributed by atoms with Crippen LogP contribution in [0.4, 0.5) is 0 Å². The molecule has 0 radical (unpaired) electrons. The molecule has 8 rings (SSSR count). The van der Waals surface area contributed by atoms with Crippen molar-refractivity contribution < 1.29 is 35.9 Å². The minimum absolute atomic E-state index is 0. The maximum atomic E-state index is 8.95. The molecule has 276 valence electrons. The molecule has 0 spiro atoms. The van der Waals surface area contributed by atoms with Gasteiger partial charge in [0.2, 0.25) is 0 Å². The van der Waals surface area contributed by atoms with E-state index >= 15 is 0 Å². The second kappa shape index (κ2) is 15.0. The quantitative estimate of drug-likeness (QED) is 0.107. The van der Waals surface area contributed by atoms with Gasteiger partial charge >= 0.3 is 0 Å². The van der Waals surface area contributed by atoms with Crippen LogP contribution in [0.15, 0.2) is 109 Å². The van der Waals surface area contributed by atoms with Crippen molar-refractivity contribution in [1.82, 2.24) is 19.1 Å². The Kier molecular flexibility index (Phi) is 8.99. The summed E-state index contributed by atoms with van der Waals surface area (Å²) in [6.07, 6.45) is 3.56. The zero-order valence-corrected chi connectivity index (χ0v) is 33.8. The number of fused-ring (bicyclic) bond motifs is 4. The van der Waals surface area contributed by atoms with Crippen molar-refractivity contribution in [2.24, 2.45) is 11.8 Å². The molecule has 6 nitrogen and oxygen atoms in total. The van der Waals surface area contributed by atoms with E-state index in [0.717, 1.165) is 38.7 Å². The van der Waals surface area contributed by atoms with E-state index in [4.69, 9.17) is 15.2 Å². The van der Waals surface area contributed by atoms with Crippen molar-refractivity contribution in [1.29, 1.82) is 0 Å². The van der Waals surface area contributed by atoms with Crippen molar-refractivity contribution in [2.75, 3.05) is 0 Å². The van der Waals surface area contributed by atoms with E-state index in [0.29, 0.717) is 34.1 Å². The summed E-state index contributed by atoms with van der Waals surface area (Å²) in [6, 6.07) is 38.1. The number of pyridine rings is 2. The van der Waals surface area contributed by atoms with E-state index in [-0.39, 0.29) is 38.3 Å². The monoisotopic (exact) mass is 894 g/mol. The van der Waals surface area contributed by atoms with Crippen LogP contribution in [0.1, 0.15) is 70.6 Å². The van der Waals surface area contributed by atoms with Gasteiger partial charge in [-0.2, -0.15) is 18.2 Å². The first-order valence-corrected chi connectivity index (χ1v) is 18.1. The van der Waals surface area contributed by atoms with Gasteiger partial charge in [0.05, 0.1) is 22.5 Å². The molecule has 0 N–H and O–H groups in total. The molecule has 0 unspecified atom stereocenters. The smallest absolute Gasteiger partial charge is 0.269 e. The fourth-order valence-corrected chi connectivity index (χ4v) is 6.81. The molecule has 0 aliphatic carbocycles. The maximum absolute atomic E-state index is 8.95. The van der Waals surface area contributed by atoms with Crippen molar-refractivity contribution in [3.8, 4) is 28.8 Å². The summed E-state index contributed by atoms with van der Waals surface area (Å²) >= 11 is 0. The topological polar surface area (TPSA) is 48.8 Å². The van der Waals surface area contributed by atoms with E-state index in [2.05, 4.69) is 79.1 Å². The molecule has 0 fully saturated rings. The third-order valence-corrected chi connectivity index (χ3v) is 9.14. The number of hydrogen-bond donors (Lipinski definition) is 0. The molecule has 4 aromatic carbocycles. The van der Waals surface area contributed by atoms with Gasteiger partial charge in [0.15, 0.2) is 0 Å². The minimum atomic E-state index is -1.70. The molecule has 0 aliphatic heterocycles. The van der Waals surface area contributed by atoms with Crippen molar-refractivity contribution in [3.05, 3.63) is 145 Å². The van der Waals surface area contributed by atoms with Gasteiger partial charge in [-0.25, -0.2) is 4.98 Å². The number of rotatable bonds is 9. The molecule has 8 aromatic rings. The molecule has 54 heavy (non-hydrogen) atoms. The Labute approximate surface area is 338 Å². The van der Waals surface area contributed by atoms with Crippen LogP contribution in [0.3, 0.4) is 0 Å². The van der Waals surface area contributed by atoms with Gasteiger partial charge in [0, 0.05) is 44.0 Å². The summed E-state index contributed by atoms with van der Waals surface area (Å²) in [5.74, 6) is 1.52. The number of benzene rings is 4. The molecular weight excluding hydrogens is 846 g/mol. The van der Waals surface area contributed by atoms with Gasteiger partial charge in [0.25, 0.3) is 6.33 Å². The van der Waals surface area contributed by atoms with Crippen LogP contribution in [0.25, 0.3) is 50.2 Å². The van der Waals surface area contributed by atoms with Gasteiger partial charge in [-0.1, -0.05) is 120 Å². The summed E-state index contributed by atoms with van der Waals surface area (Å²) in [5.41, 5.74) is 6.00. The number of imidazole rings is 1. The Morgan fingerprint density at radius 1 is 0.741 bits per heavy atom. The van der Waals surface area contributed by atoms with Gasteiger partial charge in [-0.15, -0.1) is 17.5 Å². The molecule has 0 saturated heterocycles. The number of aromatic nitrogens is 5. The third-order valence-electron chi connectivity index (χ3n) is 9.14. The van der Waals surface area contributed by atoms with Crippen LogP contribution < -0.4 is 9.30 Å². The Morgan fingerprint density at radius 2 is 1.41 bits per heavy atom. The predicted molar refractivity (Wildman–Crippen MR) is 214 cm³/mol. The predicted octanol–water partition coefficient (Wildman–Crippen LogP) is 10.7. The van der Waals surface area contributed by atoms with Crippen molar-refractivity contribution in [2.45, 2.75) is 66.6 Å². The molecule has 4 heterocycles. The Balaban J connectivity index is 0.00000512. The van der Waals surface area contributed by atoms with E-state index in [9.17, 15) is 0 Å². The standard InChI is InChI=1S/C47H45N5O.Pt/c1-31(2)22-33-24-34(23-32(3)4)26-36(25-33)50-30-51(43-15-11-10-14-42(43)50)45-29-38(19-21-48-45)53-37-16-17-40-39-12-8-9-13-41(39)52(44(40)28-37)46-27-35(18-20-49-46)47(5,6)7;/h8-21,24-27,31-32H,22-23H2,1-7H3;/q-2;/i22D2,23D2;. The maximum Gasteiger partial charge on any atom is 0.269 e. The van der Waals surface area contributed by atoms with E-state index in [1.165, 1.54) is 5.56 Å². The van der Waals surface area contributed by atoms with Crippen LogP contribution in [0, 0.1) is 30.3 Å². The molecule has 0 bridgehead atoms. The van der Waals surface area contributed by atoms with Crippen LogP contribution in [-0.2, 0) is 39.2 Å².